The molecule has 1 aromatic carbocycles. The van der Waals surface area contributed by atoms with Gasteiger partial charge in [-0.2, -0.15) is 11.3 Å². The molecule has 94 valence electrons. The van der Waals surface area contributed by atoms with E-state index in [1.54, 1.807) is 24.5 Å². The molecule has 0 radical (unpaired) electrons. The van der Waals surface area contributed by atoms with E-state index in [9.17, 15) is 0 Å². The predicted octanol–water partition coefficient (Wildman–Crippen LogP) is 2.97. The number of thiophene rings is 1. The Balaban J connectivity index is 2.16. The molecule has 1 heterocycles. The highest BCUT2D eigenvalue weighted by atomic mass is 32.1. The first-order chi connectivity index (χ1) is 8.69. The minimum Gasteiger partial charge on any atom is -0.497 e. The molecule has 0 aliphatic rings. The van der Waals surface area contributed by atoms with Crippen molar-refractivity contribution in [1.82, 2.24) is 0 Å². The summed E-state index contributed by atoms with van der Waals surface area (Å²) in [5.74, 6) is 1.38. The van der Waals surface area contributed by atoms with Crippen LogP contribution in [0.3, 0.4) is 0 Å². The second-order valence-corrected chi connectivity index (χ2v) is 4.90. The van der Waals surface area contributed by atoms with Crippen molar-refractivity contribution in [3.63, 3.8) is 0 Å². The topological polar surface area (TPSA) is 44.5 Å². The van der Waals surface area contributed by atoms with Crippen molar-refractivity contribution in [2.45, 2.75) is 6.61 Å². The Kier molecular flexibility index (Phi) is 4.17. The van der Waals surface area contributed by atoms with E-state index in [1.165, 1.54) is 0 Å². The number of hydrogen-bond acceptors (Lipinski definition) is 4. The Bertz CT molecular complexity index is 538. The number of benzene rings is 1. The zero-order valence-electron chi connectivity index (χ0n) is 9.88. The van der Waals surface area contributed by atoms with Crippen LogP contribution in [0.2, 0.25) is 0 Å². The lowest BCUT2D eigenvalue weighted by Gasteiger charge is -2.09. The molecule has 0 saturated heterocycles. The summed E-state index contributed by atoms with van der Waals surface area (Å²) < 4.78 is 10.9. The van der Waals surface area contributed by atoms with Crippen molar-refractivity contribution < 1.29 is 9.47 Å². The second-order valence-electron chi connectivity index (χ2n) is 3.68. The maximum absolute atomic E-state index is 5.70. The van der Waals surface area contributed by atoms with E-state index in [2.05, 4.69) is 5.38 Å². The van der Waals surface area contributed by atoms with Gasteiger partial charge in [-0.05, 0) is 34.5 Å². The maximum atomic E-state index is 5.70. The fraction of sp³-hybridized carbons (Fsp3) is 0.154. The first kappa shape index (κ1) is 12.9. The lowest BCUT2D eigenvalue weighted by Crippen LogP contribution is -2.09. The summed E-state index contributed by atoms with van der Waals surface area (Å²) in [6, 6.07) is 7.45. The third kappa shape index (κ3) is 3.21. The van der Waals surface area contributed by atoms with Gasteiger partial charge < -0.3 is 15.2 Å². The first-order valence-electron chi connectivity index (χ1n) is 5.32. The zero-order chi connectivity index (χ0) is 13.0. The van der Waals surface area contributed by atoms with Gasteiger partial charge in [-0.25, -0.2) is 0 Å². The predicted molar refractivity (Wildman–Crippen MR) is 77.5 cm³/mol. The molecular formula is C13H13NO2S2. The Labute approximate surface area is 115 Å². The van der Waals surface area contributed by atoms with E-state index in [1.807, 2.05) is 23.6 Å². The molecule has 0 fully saturated rings. The van der Waals surface area contributed by atoms with Gasteiger partial charge in [-0.1, -0.05) is 12.2 Å². The number of hydrogen-bond donors (Lipinski definition) is 1. The molecule has 0 saturated carbocycles. The highest BCUT2D eigenvalue weighted by molar-refractivity contribution is 7.80. The summed E-state index contributed by atoms with van der Waals surface area (Å²) in [5, 5.41) is 4.07. The van der Waals surface area contributed by atoms with Gasteiger partial charge in [-0.3, -0.25) is 0 Å². The molecule has 2 rings (SSSR count). The summed E-state index contributed by atoms with van der Waals surface area (Å²) in [4.78, 5) is 0.328. The van der Waals surface area contributed by atoms with Crippen LogP contribution in [0.4, 0.5) is 0 Å². The van der Waals surface area contributed by atoms with Gasteiger partial charge in [0.1, 0.15) is 23.1 Å². The summed E-state index contributed by atoms with van der Waals surface area (Å²) in [7, 11) is 1.60. The van der Waals surface area contributed by atoms with Gasteiger partial charge >= 0.3 is 0 Å². The van der Waals surface area contributed by atoms with Crippen molar-refractivity contribution in [3.8, 4) is 11.5 Å². The molecule has 0 atom stereocenters. The summed E-state index contributed by atoms with van der Waals surface area (Å²) in [6.07, 6.45) is 0. The van der Waals surface area contributed by atoms with Crippen molar-refractivity contribution in [1.29, 1.82) is 0 Å². The Morgan fingerprint density at radius 2 is 2.11 bits per heavy atom. The SMILES string of the molecule is COc1cc(OCc2ccsc2)cc(C(N)=S)c1. The van der Waals surface area contributed by atoms with Gasteiger partial charge in [0.05, 0.1) is 7.11 Å². The second kappa shape index (κ2) is 5.84. The summed E-state index contributed by atoms with van der Waals surface area (Å²) >= 11 is 6.61. The van der Waals surface area contributed by atoms with Crippen molar-refractivity contribution in [2.75, 3.05) is 7.11 Å². The van der Waals surface area contributed by atoms with Crippen LogP contribution < -0.4 is 15.2 Å². The molecule has 5 heteroatoms. The largest absolute Gasteiger partial charge is 0.497 e. The van der Waals surface area contributed by atoms with E-state index < -0.39 is 0 Å². The minimum atomic E-state index is 0.328. The van der Waals surface area contributed by atoms with Crippen LogP contribution in [-0.2, 0) is 6.61 Å². The van der Waals surface area contributed by atoms with E-state index >= 15 is 0 Å². The van der Waals surface area contributed by atoms with E-state index in [0.29, 0.717) is 23.1 Å². The average Bonchev–Trinajstić information content (AvgIpc) is 2.89. The quantitative estimate of drug-likeness (QED) is 0.855. The van der Waals surface area contributed by atoms with Gasteiger partial charge in [0.15, 0.2) is 0 Å². The van der Waals surface area contributed by atoms with Gasteiger partial charge in [-0.15, -0.1) is 0 Å². The maximum Gasteiger partial charge on any atom is 0.124 e. The first-order valence-corrected chi connectivity index (χ1v) is 6.67. The van der Waals surface area contributed by atoms with Crippen LogP contribution in [-0.4, -0.2) is 12.1 Å². The molecule has 0 spiro atoms. The van der Waals surface area contributed by atoms with E-state index in [0.717, 1.165) is 11.1 Å². The van der Waals surface area contributed by atoms with E-state index in [4.69, 9.17) is 27.4 Å². The average molecular weight is 279 g/mol. The molecule has 1 aromatic heterocycles. The van der Waals surface area contributed by atoms with Crippen LogP contribution in [0.25, 0.3) is 0 Å². The third-order valence-electron chi connectivity index (χ3n) is 2.39. The Hall–Kier alpha value is -1.59. The Morgan fingerprint density at radius 3 is 2.72 bits per heavy atom. The van der Waals surface area contributed by atoms with Crippen LogP contribution in [0.1, 0.15) is 11.1 Å². The van der Waals surface area contributed by atoms with Crippen LogP contribution >= 0.6 is 23.6 Å². The standard InChI is InChI=1S/C13H13NO2S2/c1-15-11-4-10(13(14)17)5-12(6-11)16-7-9-2-3-18-8-9/h2-6,8H,7H2,1H3,(H2,14,17). The number of thiocarbonyl (C=S) groups is 1. The third-order valence-corrected chi connectivity index (χ3v) is 3.35. The van der Waals surface area contributed by atoms with Crippen LogP contribution in [0, 0.1) is 0 Å². The normalized spacial score (nSPS) is 10.1. The smallest absolute Gasteiger partial charge is 0.124 e. The zero-order valence-corrected chi connectivity index (χ0v) is 11.5. The minimum absolute atomic E-state index is 0.328. The number of nitrogens with two attached hydrogens (primary N) is 1. The van der Waals surface area contributed by atoms with Crippen molar-refractivity contribution >= 4 is 28.5 Å². The molecule has 0 aliphatic carbocycles. The summed E-state index contributed by atoms with van der Waals surface area (Å²) in [6.45, 7) is 0.521. The molecular weight excluding hydrogens is 266 g/mol. The van der Waals surface area contributed by atoms with Gasteiger partial charge in [0.25, 0.3) is 0 Å². The number of methoxy groups -OCH3 is 1. The molecule has 18 heavy (non-hydrogen) atoms. The van der Waals surface area contributed by atoms with Gasteiger partial charge in [0.2, 0.25) is 0 Å². The highest BCUT2D eigenvalue weighted by Crippen LogP contribution is 2.23. The molecule has 0 unspecified atom stereocenters. The van der Waals surface area contributed by atoms with Crippen molar-refractivity contribution in [2.24, 2.45) is 5.73 Å². The molecule has 2 aromatic rings. The molecule has 0 bridgehead atoms. The lowest BCUT2D eigenvalue weighted by atomic mass is 10.2. The van der Waals surface area contributed by atoms with Crippen LogP contribution in [0.5, 0.6) is 11.5 Å². The van der Waals surface area contributed by atoms with Gasteiger partial charge in [0, 0.05) is 11.6 Å². The molecule has 0 aliphatic heterocycles. The highest BCUT2D eigenvalue weighted by Gasteiger charge is 2.05. The fourth-order valence-electron chi connectivity index (χ4n) is 1.46. The Morgan fingerprint density at radius 1 is 1.33 bits per heavy atom. The van der Waals surface area contributed by atoms with Crippen LogP contribution in [0.15, 0.2) is 35.0 Å². The van der Waals surface area contributed by atoms with E-state index in [-0.39, 0.29) is 0 Å². The number of rotatable bonds is 5. The number of ether oxygens (including phenoxy) is 2. The fourth-order valence-corrected chi connectivity index (χ4v) is 2.23. The van der Waals surface area contributed by atoms with Crippen molar-refractivity contribution in [3.05, 3.63) is 46.2 Å². The molecule has 2 N–H and O–H groups in total. The monoisotopic (exact) mass is 279 g/mol. The molecule has 0 amide bonds. The molecule has 3 nitrogen and oxygen atoms in total. The summed E-state index contributed by atoms with van der Waals surface area (Å²) in [5.41, 5.74) is 7.50. The lowest BCUT2D eigenvalue weighted by molar-refractivity contribution is 0.304.